The Hall–Kier alpha value is -1.02. The monoisotopic (exact) mass is 225 g/mol. The van der Waals surface area contributed by atoms with E-state index in [0.29, 0.717) is 23.8 Å². The molecule has 3 heteroatoms. The highest BCUT2D eigenvalue weighted by Gasteiger charge is 2.03. The molecule has 0 amide bonds. The minimum Gasteiger partial charge on any atom is -0.494 e. The van der Waals surface area contributed by atoms with Crippen molar-refractivity contribution < 1.29 is 9.53 Å². The van der Waals surface area contributed by atoms with Crippen molar-refractivity contribution in [2.45, 2.75) is 20.3 Å². The molecule has 0 atom stereocenters. The van der Waals surface area contributed by atoms with E-state index in [0.717, 1.165) is 6.42 Å². The van der Waals surface area contributed by atoms with Crippen molar-refractivity contribution in [3.8, 4) is 5.75 Å². The molecule has 1 radical (unpaired) electrons. The maximum absolute atomic E-state index is 10.9. The molecule has 81 valence electrons. The van der Waals surface area contributed by atoms with E-state index >= 15 is 0 Å². The third-order valence-corrected chi connectivity index (χ3v) is 2.15. The van der Waals surface area contributed by atoms with Crippen LogP contribution < -0.4 is 4.74 Å². The van der Waals surface area contributed by atoms with Crippen molar-refractivity contribution in [1.29, 1.82) is 0 Å². The fourth-order valence-corrected chi connectivity index (χ4v) is 1.17. The zero-order valence-electron chi connectivity index (χ0n) is 8.92. The highest BCUT2D eigenvalue weighted by atomic mass is 35.5. The van der Waals surface area contributed by atoms with Gasteiger partial charge in [-0.25, -0.2) is 0 Å². The first-order valence-corrected chi connectivity index (χ1v) is 5.31. The Morgan fingerprint density at radius 2 is 2.33 bits per heavy atom. The Balaban J connectivity index is 2.54. The topological polar surface area (TPSA) is 26.3 Å². The van der Waals surface area contributed by atoms with Gasteiger partial charge in [-0.05, 0) is 48.2 Å². The molecule has 0 N–H and O–H groups in total. The summed E-state index contributed by atoms with van der Waals surface area (Å²) < 4.78 is 5.48. The van der Waals surface area contributed by atoms with E-state index in [4.69, 9.17) is 16.3 Å². The second-order valence-corrected chi connectivity index (χ2v) is 4.09. The van der Waals surface area contributed by atoms with Crippen LogP contribution in [0.4, 0.5) is 0 Å². The van der Waals surface area contributed by atoms with Crippen molar-refractivity contribution >= 4 is 16.8 Å². The lowest BCUT2D eigenvalue weighted by Gasteiger charge is -2.08. The molecule has 0 saturated carbocycles. The second kappa shape index (κ2) is 5.76. The lowest BCUT2D eigenvalue weighted by atomic mass is 10.1. The molecule has 0 aliphatic rings. The van der Waals surface area contributed by atoms with Gasteiger partial charge < -0.3 is 4.74 Å². The van der Waals surface area contributed by atoms with Crippen LogP contribution in [0.3, 0.4) is 0 Å². The number of halogens is 1. The average molecular weight is 226 g/mol. The van der Waals surface area contributed by atoms with Gasteiger partial charge in [-0.2, -0.15) is 0 Å². The second-order valence-electron chi connectivity index (χ2n) is 3.74. The number of hydrogen-bond donors (Lipinski definition) is 0. The summed E-state index contributed by atoms with van der Waals surface area (Å²) in [7, 11) is 0. The van der Waals surface area contributed by atoms with Crippen molar-refractivity contribution in [2.24, 2.45) is 5.92 Å². The van der Waals surface area contributed by atoms with Crippen molar-refractivity contribution in [2.75, 3.05) is 6.61 Å². The predicted octanol–water partition coefficient (Wildman–Crippen LogP) is 3.29. The van der Waals surface area contributed by atoms with Crippen LogP contribution >= 0.6 is 11.6 Å². The van der Waals surface area contributed by atoms with Crippen LogP contribution in [0.1, 0.15) is 30.6 Å². The molecular formula is C12H14ClO2. The number of rotatable bonds is 5. The molecule has 15 heavy (non-hydrogen) atoms. The minimum absolute atomic E-state index is 0.346. The van der Waals surface area contributed by atoms with Crippen LogP contribution in [0.2, 0.25) is 0 Å². The highest BCUT2D eigenvalue weighted by Crippen LogP contribution is 2.15. The van der Waals surface area contributed by atoms with Crippen molar-refractivity contribution in [3.63, 3.8) is 0 Å². The first kappa shape index (κ1) is 12.1. The van der Waals surface area contributed by atoms with Gasteiger partial charge in [0.2, 0.25) is 0 Å². The van der Waals surface area contributed by atoms with Crippen LogP contribution in [0, 0.1) is 12.0 Å². The predicted molar refractivity (Wildman–Crippen MR) is 60.4 cm³/mol. The number of hydrogen-bond acceptors (Lipinski definition) is 2. The van der Waals surface area contributed by atoms with E-state index in [1.165, 1.54) is 0 Å². The molecule has 0 fully saturated rings. The first-order chi connectivity index (χ1) is 7.09. The fraction of sp³-hybridized carbons (Fsp3) is 0.417. The summed E-state index contributed by atoms with van der Waals surface area (Å²) in [5, 5.41) is -0.510. The molecule has 0 saturated heterocycles. The molecule has 0 aliphatic heterocycles. The number of carbonyl (C=O) groups excluding carboxylic acids is 1. The van der Waals surface area contributed by atoms with Gasteiger partial charge in [0, 0.05) is 5.56 Å². The van der Waals surface area contributed by atoms with Crippen LogP contribution in [0.25, 0.3) is 0 Å². The van der Waals surface area contributed by atoms with Crippen LogP contribution in [0.15, 0.2) is 18.2 Å². The zero-order valence-corrected chi connectivity index (χ0v) is 9.67. The molecule has 0 spiro atoms. The summed E-state index contributed by atoms with van der Waals surface area (Å²) in [5.74, 6) is 1.27. The van der Waals surface area contributed by atoms with Gasteiger partial charge in [-0.3, -0.25) is 4.79 Å². The minimum atomic E-state index is -0.510. The SMILES string of the molecule is CC(C)CCOc1cc[c]c(C(=O)Cl)c1. The van der Waals surface area contributed by atoms with E-state index < -0.39 is 5.24 Å². The summed E-state index contributed by atoms with van der Waals surface area (Å²) in [6, 6.07) is 7.76. The Labute approximate surface area is 95.2 Å². The van der Waals surface area contributed by atoms with Gasteiger partial charge in [0.05, 0.1) is 6.61 Å². The largest absolute Gasteiger partial charge is 0.494 e. The van der Waals surface area contributed by atoms with E-state index in [9.17, 15) is 4.79 Å². The van der Waals surface area contributed by atoms with Gasteiger partial charge in [-0.1, -0.05) is 13.8 Å². The number of carbonyl (C=O) groups is 1. The van der Waals surface area contributed by atoms with E-state index in [1.54, 1.807) is 18.2 Å². The molecule has 0 aliphatic carbocycles. The molecule has 1 rings (SSSR count). The Morgan fingerprint density at radius 3 is 2.93 bits per heavy atom. The molecule has 0 unspecified atom stereocenters. The Bertz CT molecular complexity index is 334. The van der Waals surface area contributed by atoms with Gasteiger partial charge in [0.1, 0.15) is 5.75 Å². The standard InChI is InChI=1S/C12H14ClO2/c1-9(2)6-7-15-11-5-3-4-10(8-11)12(13)14/h3,5,8-9H,6-7H2,1-2H3. The maximum atomic E-state index is 10.9. The molecule has 1 aromatic rings. The summed E-state index contributed by atoms with van der Waals surface area (Å²) in [4.78, 5) is 10.9. The summed E-state index contributed by atoms with van der Waals surface area (Å²) in [6.07, 6.45) is 0.989. The molecular weight excluding hydrogens is 212 g/mol. The number of benzene rings is 1. The van der Waals surface area contributed by atoms with Gasteiger partial charge in [0.25, 0.3) is 5.24 Å². The smallest absolute Gasteiger partial charge is 0.253 e. The van der Waals surface area contributed by atoms with Gasteiger partial charge >= 0.3 is 0 Å². The summed E-state index contributed by atoms with van der Waals surface area (Å²) >= 11 is 5.33. The molecule has 0 aromatic heterocycles. The summed E-state index contributed by atoms with van der Waals surface area (Å²) in [6.45, 7) is 4.92. The van der Waals surface area contributed by atoms with Gasteiger partial charge in [0.15, 0.2) is 0 Å². The quantitative estimate of drug-likeness (QED) is 0.719. The normalized spacial score (nSPS) is 10.4. The molecule has 0 bridgehead atoms. The Kier molecular flexibility index (Phi) is 4.63. The van der Waals surface area contributed by atoms with E-state index in [-0.39, 0.29) is 0 Å². The van der Waals surface area contributed by atoms with E-state index in [1.807, 2.05) is 0 Å². The van der Waals surface area contributed by atoms with Crippen molar-refractivity contribution in [3.05, 3.63) is 29.8 Å². The van der Waals surface area contributed by atoms with Crippen molar-refractivity contribution in [1.82, 2.24) is 0 Å². The lowest BCUT2D eigenvalue weighted by Crippen LogP contribution is -2.02. The maximum Gasteiger partial charge on any atom is 0.253 e. The molecule has 2 nitrogen and oxygen atoms in total. The van der Waals surface area contributed by atoms with Crippen LogP contribution in [-0.4, -0.2) is 11.8 Å². The third-order valence-electron chi connectivity index (χ3n) is 1.95. The number of ether oxygens (including phenoxy) is 1. The van der Waals surface area contributed by atoms with Gasteiger partial charge in [-0.15, -0.1) is 0 Å². The highest BCUT2D eigenvalue weighted by molar-refractivity contribution is 6.67. The first-order valence-electron chi connectivity index (χ1n) is 4.94. The summed E-state index contributed by atoms with van der Waals surface area (Å²) in [5.41, 5.74) is 0.346. The third kappa shape index (κ3) is 4.34. The van der Waals surface area contributed by atoms with E-state index in [2.05, 4.69) is 19.9 Å². The zero-order chi connectivity index (χ0) is 11.3. The average Bonchev–Trinajstić information content (AvgIpc) is 2.17. The Morgan fingerprint density at radius 1 is 1.60 bits per heavy atom. The molecule has 1 aromatic carbocycles. The molecule has 0 heterocycles. The fourth-order valence-electron chi connectivity index (χ4n) is 1.06. The van der Waals surface area contributed by atoms with Crippen LogP contribution in [0.5, 0.6) is 5.75 Å². The lowest BCUT2D eigenvalue weighted by molar-refractivity contribution is 0.108. The van der Waals surface area contributed by atoms with Crippen LogP contribution in [-0.2, 0) is 0 Å².